The molecule has 2 aromatic carbocycles. The van der Waals surface area contributed by atoms with Crippen molar-refractivity contribution in [2.45, 2.75) is 86.2 Å². The molecule has 0 bridgehead atoms. The Hall–Kier alpha value is -2.04. The van der Waals surface area contributed by atoms with Gasteiger partial charge in [0.25, 0.3) is 0 Å². The molecule has 0 amide bonds. The van der Waals surface area contributed by atoms with Crippen LogP contribution in [0.4, 0.5) is 0 Å². The van der Waals surface area contributed by atoms with Crippen LogP contribution < -0.4 is 9.47 Å². The third-order valence-corrected chi connectivity index (χ3v) is 5.52. The summed E-state index contributed by atoms with van der Waals surface area (Å²) >= 11 is 0. The smallest absolute Gasteiger partial charge is 0.194 e. The SMILES string of the molecule is CCc1cc(C(C)(C)c2cc(CC)c(OC(C)O)cc2C)c(C)cc1OC(C)O. The molecule has 2 atom stereocenters. The van der Waals surface area contributed by atoms with Crippen LogP contribution in [0.3, 0.4) is 0 Å². The van der Waals surface area contributed by atoms with Gasteiger partial charge in [0, 0.05) is 5.41 Å². The van der Waals surface area contributed by atoms with Crippen LogP contribution in [0.25, 0.3) is 0 Å². The lowest BCUT2D eigenvalue weighted by Crippen LogP contribution is -2.23. The third-order valence-electron chi connectivity index (χ3n) is 5.52. The molecule has 4 heteroatoms. The lowest BCUT2D eigenvalue weighted by molar-refractivity contribution is -0.00156. The van der Waals surface area contributed by atoms with Crippen molar-refractivity contribution in [3.8, 4) is 11.5 Å². The fourth-order valence-corrected chi connectivity index (χ4v) is 4.08. The van der Waals surface area contributed by atoms with Crippen molar-refractivity contribution in [2.75, 3.05) is 0 Å². The molecule has 29 heavy (non-hydrogen) atoms. The highest BCUT2D eigenvalue weighted by Gasteiger charge is 2.29. The fraction of sp³-hybridized carbons (Fsp3) is 0.520. The van der Waals surface area contributed by atoms with Gasteiger partial charge in [0.1, 0.15) is 11.5 Å². The van der Waals surface area contributed by atoms with E-state index in [1.54, 1.807) is 13.8 Å². The van der Waals surface area contributed by atoms with Crippen molar-refractivity contribution in [2.24, 2.45) is 0 Å². The van der Waals surface area contributed by atoms with Crippen LogP contribution in [0.1, 0.15) is 74.9 Å². The van der Waals surface area contributed by atoms with E-state index in [4.69, 9.17) is 9.47 Å². The van der Waals surface area contributed by atoms with Gasteiger partial charge in [-0.15, -0.1) is 0 Å². The summed E-state index contributed by atoms with van der Waals surface area (Å²) in [6, 6.07) is 8.48. The van der Waals surface area contributed by atoms with Crippen LogP contribution in [0.5, 0.6) is 11.5 Å². The molecule has 0 fully saturated rings. The maximum absolute atomic E-state index is 9.65. The molecule has 0 aliphatic heterocycles. The number of aliphatic hydroxyl groups is 2. The van der Waals surface area contributed by atoms with Gasteiger partial charge in [-0.3, -0.25) is 0 Å². The molecule has 160 valence electrons. The van der Waals surface area contributed by atoms with Gasteiger partial charge < -0.3 is 19.7 Å². The van der Waals surface area contributed by atoms with Crippen molar-refractivity contribution < 1.29 is 19.7 Å². The van der Waals surface area contributed by atoms with Gasteiger partial charge in [-0.1, -0.05) is 39.8 Å². The summed E-state index contributed by atoms with van der Waals surface area (Å²) in [4.78, 5) is 0. The molecule has 0 saturated heterocycles. The third kappa shape index (κ3) is 5.12. The van der Waals surface area contributed by atoms with Gasteiger partial charge in [0.15, 0.2) is 12.6 Å². The summed E-state index contributed by atoms with van der Waals surface area (Å²) in [7, 11) is 0. The molecule has 0 radical (unpaired) electrons. The first-order chi connectivity index (χ1) is 13.5. The molecular formula is C25H36O4. The van der Waals surface area contributed by atoms with Gasteiger partial charge in [-0.05, 0) is 86.1 Å². The number of benzene rings is 2. The zero-order valence-electron chi connectivity index (χ0n) is 19.1. The topological polar surface area (TPSA) is 58.9 Å². The highest BCUT2D eigenvalue weighted by atomic mass is 16.6. The van der Waals surface area contributed by atoms with Crippen molar-refractivity contribution >= 4 is 0 Å². The van der Waals surface area contributed by atoms with Gasteiger partial charge >= 0.3 is 0 Å². The molecule has 2 aromatic rings. The Balaban J connectivity index is 2.60. The molecule has 0 aromatic heterocycles. The minimum atomic E-state index is -0.839. The Labute approximate surface area is 175 Å². The second kappa shape index (κ2) is 9.19. The Morgan fingerprint density at radius 2 is 1.10 bits per heavy atom. The first-order valence-electron chi connectivity index (χ1n) is 10.5. The maximum atomic E-state index is 9.65. The normalized spacial score (nSPS) is 13.9. The predicted octanol–water partition coefficient (Wildman–Crippen LogP) is 5.19. The van der Waals surface area contributed by atoms with E-state index in [2.05, 4.69) is 53.7 Å². The highest BCUT2D eigenvalue weighted by molar-refractivity contribution is 5.53. The standard InChI is InChI=1S/C25H36O4/c1-9-19-13-21(15(3)11-23(19)28-17(5)26)25(7,8)22-14-20(10-2)24(12-16(22)4)29-18(6)27/h11-14,17-18,26-27H,9-10H2,1-8H3. The van der Waals surface area contributed by atoms with E-state index in [0.29, 0.717) is 0 Å². The van der Waals surface area contributed by atoms with Crippen LogP contribution in [0.2, 0.25) is 0 Å². The first kappa shape index (κ1) is 23.2. The zero-order valence-corrected chi connectivity index (χ0v) is 19.1. The van der Waals surface area contributed by atoms with E-state index >= 15 is 0 Å². The van der Waals surface area contributed by atoms with Crippen molar-refractivity contribution in [1.29, 1.82) is 0 Å². The number of aryl methyl sites for hydroxylation is 4. The van der Waals surface area contributed by atoms with Gasteiger partial charge in [-0.25, -0.2) is 0 Å². The van der Waals surface area contributed by atoms with Gasteiger partial charge in [0.05, 0.1) is 0 Å². The number of rotatable bonds is 8. The van der Waals surface area contributed by atoms with Crippen LogP contribution in [0, 0.1) is 13.8 Å². The molecule has 0 aliphatic rings. The first-order valence-corrected chi connectivity index (χ1v) is 10.5. The molecule has 2 rings (SSSR count). The van der Waals surface area contributed by atoms with E-state index in [-0.39, 0.29) is 5.41 Å². The average Bonchev–Trinajstić information content (AvgIpc) is 2.60. The molecule has 0 saturated carbocycles. The van der Waals surface area contributed by atoms with Crippen LogP contribution in [-0.4, -0.2) is 22.8 Å². The molecule has 2 unspecified atom stereocenters. The Bertz CT molecular complexity index is 781. The van der Waals surface area contributed by atoms with Crippen molar-refractivity contribution in [3.63, 3.8) is 0 Å². The monoisotopic (exact) mass is 400 g/mol. The molecule has 0 heterocycles. The zero-order chi connectivity index (χ0) is 21.9. The van der Waals surface area contributed by atoms with Crippen LogP contribution >= 0.6 is 0 Å². The van der Waals surface area contributed by atoms with Crippen molar-refractivity contribution in [1.82, 2.24) is 0 Å². The second-order valence-electron chi connectivity index (χ2n) is 8.32. The van der Waals surface area contributed by atoms with E-state index < -0.39 is 12.6 Å². The predicted molar refractivity (Wildman–Crippen MR) is 118 cm³/mol. The summed E-state index contributed by atoms with van der Waals surface area (Å²) in [5.41, 5.74) is 6.68. The maximum Gasteiger partial charge on any atom is 0.194 e. The summed E-state index contributed by atoms with van der Waals surface area (Å²) in [6.07, 6.45) is -0.0267. The largest absolute Gasteiger partial charge is 0.465 e. The Morgan fingerprint density at radius 1 is 0.759 bits per heavy atom. The molecule has 0 aliphatic carbocycles. The lowest BCUT2D eigenvalue weighted by Gasteiger charge is -2.32. The van der Waals surface area contributed by atoms with E-state index in [9.17, 15) is 10.2 Å². The number of aliphatic hydroxyl groups excluding tert-OH is 2. The lowest BCUT2D eigenvalue weighted by atomic mass is 9.73. The van der Waals surface area contributed by atoms with Crippen LogP contribution in [-0.2, 0) is 18.3 Å². The summed E-state index contributed by atoms with van der Waals surface area (Å²) in [5, 5.41) is 19.3. The van der Waals surface area contributed by atoms with Crippen LogP contribution in [0.15, 0.2) is 24.3 Å². The molecular weight excluding hydrogens is 364 g/mol. The Kier molecular flexibility index (Phi) is 7.36. The summed E-state index contributed by atoms with van der Waals surface area (Å²) in [5.74, 6) is 1.48. The molecule has 4 nitrogen and oxygen atoms in total. The van der Waals surface area contributed by atoms with E-state index in [1.165, 1.54) is 11.1 Å². The summed E-state index contributed by atoms with van der Waals surface area (Å²) in [6.45, 7) is 16.1. The Morgan fingerprint density at radius 3 is 1.38 bits per heavy atom. The highest BCUT2D eigenvalue weighted by Crippen LogP contribution is 2.40. The fourth-order valence-electron chi connectivity index (χ4n) is 4.08. The number of hydrogen-bond donors (Lipinski definition) is 2. The second-order valence-corrected chi connectivity index (χ2v) is 8.32. The van der Waals surface area contributed by atoms with Crippen molar-refractivity contribution in [3.05, 3.63) is 57.6 Å². The van der Waals surface area contributed by atoms with Gasteiger partial charge in [-0.2, -0.15) is 0 Å². The number of hydrogen-bond acceptors (Lipinski definition) is 4. The minimum Gasteiger partial charge on any atom is -0.465 e. The average molecular weight is 401 g/mol. The van der Waals surface area contributed by atoms with E-state index in [1.807, 2.05) is 12.1 Å². The minimum absolute atomic E-state index is 0.227. The van der Waals surface area contributed by atoms with E-state index in [0.717, 1.165) is 46.6 Å². The molecule has 0 spiro atoms. The quantitative estimate of drug-likeness (QED) is 0.599. The summed E-state index contributed by atoms with van der Waals surface area (Å²) < 4.78 is 11.2. The van der Waals surface area contributed by atoms with Gasteiger partial charge in [0.2, 0.25) is 0 Å². The number of ether oxygens (including phenoxy) is 2. The molecule has 2 N–H and O–H groups in total.